The number of carboxylic acids is 1. The number of amides is 1. The lowest BCUT2D eigenvalue weighted by Crippen LogP contribution is -2.31. The Morgan fingerprint density at radius 2 is 2.18 bits per heavy atom. The molecule has 98 valence electrons. The number of nitrogens with zero attached hydrogens (tertiary/aromatic N) is 1. The zero-order valence-electron chi connectivity index (χ0n) is 10.1. The monoisotopic (exact) mass is 277 g/mol. The van der Waals surface area contributed by atoms with E-state index in [9.17, 15) is 9.59 Å². The predicted octanol–water partition coefficient (Wildman–Crippen LogP) is 2.24. The van der Waals surface area contributed by atoms with Crippen molar-refractivity contribution >= 4 is 33.5 Å². The maximum atomic E-state index is 11.5. The van der Waals surface area contributed by atoms with Gasteiger partial charge in [-0.25, -0.2) is 0 Å². The van der Waals surface area contributed by atoms with Gasteiger partial charge in [0.25, 0.3) is 0 Å². The van der Waals surface area contributed by atoms with Crippen LogP contribution in [0.25, 0.3) is 0 Å². The van der Waals surface area contributed by atoms with Gasteiger partial charge in [-0.15, -0.1) is 0 Å². The first kappa shape index (κ1) is 14.7. The Hall–Kier alpha value is -0.360. The summed E-state index contributed by atoms with van der Waals surface area (Å²) in [5.74, 6) is 0.219. The number of carbonyl (C=O) groups is 2. The average Bonchev–Trinajstić information content (AvgIpc) is 2.75. The van der Waals surface area contributed by atoms with Crippen LogP contribution in [0.3, 0.4) is 0 Å². The first-order valence-electron chi connectivity index (χ1n) is 5.83. The molecule has 0 aromatic carbocycles. The van der Waals surface area contributed by atoms with E-state index in [1.54, 1.807) is 7.05 Å². The molecule has 0 aromatic rings. The molecule has 6 heteroatoms. The minimum Gasteiger partial charge on any atom is -0.480 e. The van der Waals surface area contributed by atoms with Crippen molar-refractivity contribution in [2.75, 3.05) is 19.3 Å². The number of hydrogen-bond donors (Lipinski definition) is 1. The number of unbranched alkanes of at least 4 members (excludes halogenated alkanes) is 1. The maximum Gasteiger partial charge on any atom is 0.323 e. The highest BCUT2D eigenvalue weighted by atomic mass is 33.1. The van der Waals surface area contributed by atoms with E-state index in [1.807, 2.05) is 21.6 Å². The molecule has 1 unspecified atom stereocenters. The van der Waals surface area contributed by atoms with Crippen LogP contribution in [0.4, 0.5) is 0 Å². The second-order valence-electron chi connectivity index (χ2n) is 4.22. The Bertz CT molecular complexity index is 267. The minimum atomic E-state index is -0.958. The summed E-state index contributed by atoms with van der Waals surface area (Å²) in [7, 11) is 5.44. The molecule has 0 bridgehead atoms. The van der Waals surface area contributed by atoms with Crippen LogP contribution in [0.1, 0.15) is 32.1 Å². The van der Waals surface area contributed by atoms with Crippen molar-refractivity contribution in [3.8, 4) is 0 Å². The molecule has 0 spiro atoms. The molecule has 1 heterocycles. The highest BCUT2D eigenvalue weighted by Crippen LogP contribution is 2.39. The Balaban J connectivity index is 2.04. The largest absolute Gasteiger partial charge is 0.480 e. The summed E-state index contributed by atoms with van der Waals surface area (Å²) in [6.07, 6.45) is 4.85. The van der Waals surface area contributed by atoms with Crippen LogP contribution < -0.4 is 0 Å². The van der Waals surface area contributed by atoms with Gasteiger partial charge >= 0.3 is 5.97 Å². The van der Waals surface area contributed by atoms with Crippen molar-refractivity contribution in [1.29, 1.82) is 0 Å². The third-order valence-electron chi connectivity index (χ3n) is 2.69. The van der Waals surface area contributed by atoms with E-state index in [1.165, 1.54) is 23.5 Å². The second kappa shape index (κ2) is 7.87. The highest BCUT2D eigenvalue weighted by molar-refractivity contribution is 8.77. The Kier molecular flexibility index (Phi) is 6.80. The van der Waals surface area contributed by atoms with Crippen LogP contribution in [0.5, 0.6) is 0 Å². The Morgan fingerprint density at radius 3 is 2.76 bits per heavy atom. The van der Waals surface area contributed by atoms with Crippen molar-refractivity contribution in [3.05, 3.63) is 0 Å². The summed E-state index contributed by atoms with van der Waals surface area (Å²) in [5, 5.41) is 9.31. The molecule has 1 amide bonds. The first-order valence-corrected chi connectivity index (χ1v) is 8.22. The molecular weight excluding hydrogens is 258 g/mol. The molecule has 1 rings (SSSR count). The molecule has 1 N–H and O–H groups in total. The fraction of sp³-hybridized carbons (Fsp3) is 0.818. The first-order chi connectivity index (χ1) is 8.09. The van der Waals surface area contributed by atoms with E-state index < -0.39 is 5.97 Å². The Labute approximate surface area is 110 Å². The lowest BCUT2D eigenvalue weighted by Gasteiger charge is -2.14. The van der Waals surface area contributed by atoms with Crippen molar-refractivity contribution in [2.45, 2.75) is 37.4 Å². The number of carboxylic acid groups (broad SMARTS) is 1. The fourth-order valence-electron chi connectivity index (χ4n) is 1.69. The van der Waals surface area contributed by atoms with Gasteiger partial charge in [0, 0.05) is 24.5 Å². The molecule has 4 nitrogen and oxygen atoms in total. The van der Waals surface area contributed by atoms with Crippen LogP contribution in [0.2, 0.25) is 0 Å². The van der Waals surface area contributed by atoms with Crippen LogP contribution in [-0.2, 0) is 9.59 Å². The van der Waals surface area contributed by atoms with E-state index in [0.29, 0.717) is 6.42 Å². The van der Waals surface area contributed by atoms with Crippen molar-refractivity contribution in [3.63, 3.8) is 0 Å². The number of hydrogen-bond acceptors (Lipinski definition) is 4. The number of rotatable bonds is 7. The topological polar surface area (TPSA) is 57.6 Å². The molecule has 17 heavy (non-hydrogen) atoms. The second-order valence-corrected chi connectivity index (χ2v) is 7.01. The summed E-state index contributed by atoms with van der Waals surface area (Å²) < 4.78 is 0. The van der Waals surface area contributed by atoms with Gasteiger partial charge in [-0.3, -0.25) is 9.59 Å². The summed E-state index contributed by atoms with van der Waals surface area (Å²) in [4.78, 5) is 23.2. The summed E-state index contributed by atoms with van der Waals surface area (Å²) >= 11 is 0. The van der Waals surface area contributed by atoms with Crippen molar-refractivity contribution < 1.29 is 14.7 Å². The molecule has 1 aliphatic rings. The van der Waals surface area contributed by atoms with E-state index in [-0.39, 0.29) is 12.5 Å². The van der Waals surface area contributed by atoms with Gasteiger partial charge < -0.3 is 10.0 Å². The third-order valence-corrected chi connectivity index (χ3v) is 5.70. The number of likely N-dealkylation sites (N-methyl/N-ethyl adjacent to an activating group) is 1. The number of carbonyl (C=O) groups excluding carboxylic acids is 1. The molecule has 0 radical (unpaired) electrons. The normalized spacial score (nSPS) is 19.2. The van der Waals surface area contributed by atoms with Crippen LogP contribution in [0.15, 0.2) is 0 Å². The third kappa shape index (κ3) is 6.21. The van der Waals surface area contributed by atoms with Crippen LogP contribution in [-0.4, -0.2) is 46.5 Å². The van der Waals surface area contributed by atoms with Gasteiger partial charge in [0.15, 0.2) is 0 Å². The summed E-state index contributed by atoms with van der Waals surface area (Å²) in [6.45, 7) is -0.200. The molecule has 1 aliphatic heterocycles. The summed E-state index contributed by atoms with van der Waals surface area (Å²) in [6, 6.07) is 0. The lowest BCUT2D eigenvalue weighted by molar-refractivity contribution is -0.143. The van der Waals surface area contributed by atoms with Gasteiger partial charge in [-0.05, 0) is 19.3 Å². The van der Waals surface area contributed by atoms with Gasteiger partial charge in [0.05, 0.1) is 0 Å². The van der Waals surface area contributed by atoms with Crippen molar-refractivity contribution in [2.24, 2.45) is 0 Å². The molecule has 1 saturated heterocycles. The zero-order chi connectivity index (χ0) is 12.7. The zero-order valence-corrected chi connectivity index (χ0v) is 11.7. The van der Waals surface area contributed by atoms with E-state index >= 15 is 0 Å². The van der Waals surface area contributed by atoms with Gasteiger partial charge in [-0.1, -0.05) is 28.0 Å². The van der Waals surface area contributed by atoms with E-state index in [2.05, 4.69) is 0 Å². The highest BCUT2D eigenvalue weighted by Gasteiger charge is 2.16. The fourth-order valence-corrected chi connectivity index (χ4v) is 4.72. The SMILES string of the molecule is CN(CC(=O)O)C(=O)CCCCC1CCSS1. The van der Waals surface area contributed by atoms with E-state index in [4.69, 9.17) is 5.11 Å². The molecule has 0 aliphatic carbocycles. The Morgan fingerprint density at radius 1 is 1.41 bits per heavy atom. The summed E-state index contributed by atoms with van der Waals surface area (Å²) in [5.41, 5.74) is 0. The molecular formula is C11H19NO3S2. The molecule has 1 fully saturated rings. The quantitative estimate of drug-likeness (QED) is 0.571. The predicted molar refractivity (Wildman–Crippen MR) is 72.2 cm³/mol. The van der Waals surface area contributed by atoms with Crippen LogP contribution >= 0.6 is 21.6 Å². The average molecular weight is 277 g/mol. The smallest absolute Gasteiger partial charge is 0.323 e. The lowest BCUT2D eigenvalue weighted by atomic mass is 10.1. The minimum absolute atomic E-state index is 0.0687. The molecule has 0 aromatic heterocycles. The van der Waals surface area contributed by atoms with Gasteiger partial charge in [0.1, 0.15) is 6.54 Å². The number of aliphatic carboxylic acids is 1. The molecule has 1 atom stereocenters. The molecule has 0 saturated carbocycles. The van der Waals surface area contributed by atoms with E-state index in [0.717, 1.165) is 18.1 Å². The van der Waals surface area contributed by atoms with Gasteiger partial charge in [-0.2, -0.15) is 0 Å². The van der Waals surface area contributed by atoms with Crippen molar-refractivity contribution in [1.82, 2.24) is 4.90 Å². The van der Waals surface area contributed by atoms with Gasteiger partial charge in [0.2, 0.25) is 5.91 Å². The maximum absolute atomic E-state index is 11.5. The van der Waals surface area contributed by atoms with Crippen LogP contribution in [0, 0.1) is 0 Å². The standard InChI is InChI=1S/C11H19NO3S2/c1-12(8-11(14)15)10(13)5-3-2-4-9-6-7-16-17-9/h9H,2-8H2,1H3,(H,14,15).